The number of carbonyl (C=O) groups is 4. The van der Waals surface area contributed by atoms with Crippen LogP contribution in [-0.2, 0) is 42.7 Å². The Hall–Kier alpha value is -3.84. The first-order valence-electron chi connectivity index (χ1n) is 19.9. The topological polar surface area (TPSA) is 217 Å². The maximum atomic E-state index is 13.9. The molecule has 2 aromatic rings. The van der Waals surface area contributed by atoms with Crippen molar-refractivity contribution < 1.29 is 72.8 Å². The molecule has 0 aromatic heterocycles. The third-order valence-electron chi connectivity index (χ3n) is 12.4. The van der Waals surface area contributed by atoms with Gasteiger partial charge in [-0.05, 0) is 59.0 Å². The molecule has 0 spiro atoms. The summed E-state index contributed by atoms with van der Waals surface area (Å²) in [4.78, 5) is 55.0. The van der Waals surface area contributed by atoms with E-state index in [4.69, 9.17) is 33.2 Å². The van der Waals surface area contributed by atoms with Crippen LogP contribution in [0.15, 0.2) is 24.3 Å². The summed E-state index contributed by atoms with van der Waals surface area (Å²) in [5.74, 6) is -4.59. The highest BCUT2D eigenvalue weighted by molar-refractivity contribution is 6.30. The minimum atomic E-state index is -1.76. The first-order valence-corrected chi connectivity index (χ1v) is 19.9. The highest BCUT2D eigenvalue weighted by atomic mass is 16.7. The van der Waals surface area contributed by atoms with Gasteiger partial charge in [0.1, 0.15) is 35.7 Å². The summed E-state index contributed by atoms with van der Waals surface area (Å²) in [5.41, 5.74) is -2.49. The lowest BCUT2D eigenvalue weighted by atomic mass is 9.67. The lowest BCUT2D eigenvalue weighted by molar-refractivity contribution is -0.324. The Bertz CT molecular complexity index is 1940. The molecule has 2 aliphatic carbocycles. The summed E-state index contributed by atoms with van der Waals surface area (Å²) in [7, 11) is 4.91. The maximum absolute atomic E-state index is 13.9. The molecule has 0 unspecified atom stereocenters. The number of esters is 1. The Morgan fingerprint density at radius 3 is 2.21 bits per heavy atom. The number of likely N-dealkylation sites (N-methyl/N-ethyl adjacent to an activating group) is 1. The van der Waals surface area contributed by atoms with E-state index < -0.39 is 102 Å². The third-order valence-corrected chi connectivity index (χ3v) is 12.4. The number of methoxy groups -OCH3 is 1. The molecule has 2 aromatic carbocycles. The number of fused-ring (bicyclic) bond motifs is 3. The van der Waals surface area contributed by atoms with E-state index >= 15 is 0 Å². The van der Waals surface area contributed by atoms with Crippen molar-refractivity contribution >= 4 is 23.3 Å². The average Bonchev–Trinajstić information content (AvgIpc) is 3.17. The fraction of sp³-hybridized carbons (Fsp3) is 0.619. The second kappa shape index (κ2) is 16.3. The van der Waals surface area contributed by atoms with Gasteiger partial charge in [-0.3, -0.25) is 19.2 Å². The summed E-state index contributed by atoms with van der Waals surface area (Å²) >= 11 is 0. The Kier molecular flexibility index (Phi) is 11.9. The number of phenolic OH excluding ortho intramolecular Hbond substituents is 2. The van der Waals surface area contributed by atoms with E-state index in [2.05, 4.69) is 0 Å². The van der Waals surface area contributed by atoms with Crippen LogP contribution < -0.4 is 0 Å². The zero-order valence-electron chi connectivity index (χ0n) is 33.7. The van der Waals surface area contributed by atoms with Gasteiger partial charge < -0.3 is 58.5 Å². The predicted molar refractivity (Wildman–Crippen MR) is 201 cm³/mol. The predicted octanol–water partition coefficient (Wildman–Crippen LogP) is 3.16. The Morgan fingerprint density at radius 1 is 0.897 bits per heavy atom. The molecule has 316 valence electrons. The zero-order chi connectivity index (χ0) is 42.0. The number of aliphatic hydroxyl groups excluding tert-OH is 1. The Morgan fingerprint density at radius 2 is 1.57 bits per heavy atom. The molecule has 3 aliphatic heterocycles. The zero-order valence-corrected chi connectivity index (χ0v) is 33.7. The standard InChI is InChI=1S/C42H53NO15/c1-8-42(51)17-28(33-22(35(42)41(50)52-7)14-23-34(38(33)49)37(48)32-21(36(23)47)10-9-11-26(32)45)56-30-15-24(43(5)6)39(19(3)54-30)58-31-16-27(46)40(20(4)55-31)57-29-13-12-25(44)18(2)53-29/h9-11,14,18-20,24,27-31,35,39-40,45-46,49,51H,8,12-13,15-17H2,1-7H3/t18-,19-,20-,24+,27-,28-,29+,30+,31+,35-,39+,40+,42+/m1/s1. The van der Waals surface area contributed by atoms with E-state index in [9.17, 15) is 39.6 Å². The van der Waals surface area contributed by atoms with Gasteiger partial charge in [-0.1, -0.05) is 19.1 Å². The molecule has 0 radical (unpaired) electrons. The van der Waals surface area contributed by atoms with Gasteiger partial charge in [0, 0.05) is 54.8 Å². The molecule has 5 aliphatic rings. The van der Waals surface area contributed by atoms with Crippen LogP contribution in [-0.4, -0.2) is 137 Å². The molecular weight excluding hydrogens is 758 g/mol. The van der Waals surface area contributed by atoms with Gasteiger partial charge in [0.2, 0.25) is 5.78 Å². The van der Waals surface area contributed by atoms with Crippen LogP contribution >= 0.6 is 0 Å². The summed E-state index contributed by atoms with van der Waals surface area (Å²) in [6.07, 6.45) is -6.64. The number of benzene rings is 2. The minimum Gasteiger partial charge on any atom is -0.507 e. The number of ketones is 3. The number of rotatable bonds is 9. The SMILES string of the molecule is CC[C@]1(O)C[C@@H](O[C@H]2C[C@H](N(C)C)[C@@H](O[C@H]3C[C@@H](O)[C@@H](O[C@H]4CCC(=O)[C@@H](C)O4)[C@@H](C)O3)[C@@H](C)O2)c2c(cc3c(c2O)C(=O)c2c(O)cccc2C3=O)[C@@H]1C(=O)OC. The molecule has 0 bridgehead atoms. The van der Waals surface area contributed by atoms with Crippen molar-refractivity contribution in [2.75, 3.05) is 21.2 Å². The number of aliphatic hydroxyl groups is 2. The van der Waals surface area contributed by atoms with Gasteiger partial charge >= 0.3 is 5.97 Å². The average molecular weight is 812 g/mol. The van der Waals surface area contributed by atoms with Crippen LogP contribution in [0.2, 0.25) is 0 Å². The van der Waals surface area contributed by atoms with Crippen LogP contribution in [0.25, 0.3) is 0 Å². The smallest absolute Gasteiger partial charge is 0.316 e. The number of phenols is 2. The van der Waals surface area contributed by atoms with Crippen molar-refractivity contribution in [3.63, 3.8) is 0 Å². The third kappa shape index (κ3) is 7.47. The number of Topliss-reactive ketones (excluding diaryl/α,β-unsaturated/α-hetero) is 1. The summed E-state index contributed by atoms with van der Waals surface area (Å²) in [6, 6.07) is 5.11. The van der Waals surface area contributed by atoms with Gasteiger partial charge in [-0.15, -0.1) is 0 Å². The van der Waals surface area contributed by atoms with E-state index in [1.807, 2.05) is 19.0 Å². The first-order chi connectivity index (χ1) is 27.5. The van der Waals surface area contributed by atoms with Crippen molar-refractivity contribution in [1.29, 1.82) is 0 Å². The molecule has 58 heavy (non-hydrogen) atoms. The highest BCUT2D eigenvalue weighted by Crippen LogP contribution is 2.54. The molecule has 3 saturated heterocycles. The number of carbonyl (C=O) groups excluding carboxylic acids is 4. The second-order valence-electron chi connectivity index (χ2n) is 16.3. The van der Waals surface area contributed by atoms with E-state index in [-0.39, 0.29) is 70.9 Å². The molecule has 0 amide bonds. The minimum absolute atomic E-state index is 0.00573. The number of nitrogens with zero attached hydrogens (tertiary/aromatic N) is 1. The highest BCUT2D eigenvalue weighted by Gasteiger charge is 2.53. The second-order valence-corrected chi connectivity index (χ2v) is 16.3. The van der Waals surface area contributed by atoms with Crippen LogP contribution in [0.3, 0.4) is 0 Å². The molecule has 13 atom stereocenters. The Labute approximate surface area is 336 Å². The molecule has 3 fully saturated rings. The number of aromatic hydroxyl groups is 2. The van der Waals surface area contributed by atoms with Crippen molar-refractivity contribution in [2.45, 2.75) is 145 Å². The van der Waals surface area contributed by atoms with E-state index in [0.29, 0.717) is 12.8 Å². The monoisotopic (exact) mass is 811 g/mol. The molecule has 4 N–H and O–H groups in total. The molecular formula is C42H53NO15. The van der Waals surface area contributed by atoms with Gasteiger partial charge in [-0.2, -0.15) is 0 Å². The van der Waals surface area contributed by atoms with Crippen LogP contribution in [0.4, 0.5) is 0 Å². The summed E-state index contributed by atoms with van der Waals surface area (Å²) < 4.78 is 42.6. The summed E-state index contributed by atoms with van der Waals surface area (Å²) in [6.45, 7) is 6.95. The Balaban J connectivity index is 1.13. The van der Waals surface area contributed by atoms with Crippen molar-refractivity contribution in [2.24, 2.45) is 0 Å². The maximum Gasteiger partial charge on any atom is 0.316 e. The van der Waals surface area contributed by atoms with Gasteiger partial charge in [0.05, 0.1) is 48.3 Å². The number of ether oxygens (including phenoxy) is 7. The largest absolute Gasteiger partial charge is 0.507 e. The van der Waals surface area contributed by atoms with E-state index in [1.165, 1.54) is 31.4 Å². The molecule has 16 heteroatoms. The lowest BCUT2D eigenvalue weighted by Gasteiger charge is -2.48. The van der Waals surface area contributed by atoms with Gasteiger partial charge in [0.25, 0.3) is 0 Å². The lowest BCUT2D eigenvalue weighted by Crippen LogP contribution is -2.58. The van der Waals surface area contributed by atoms with Crippen molar-refractivity contribution in [1.82, 2.24) is 4.90 Å². The molecule has 7 rings (SSSR count). The normalized spacial score (nSPS) is 36.3. The first kappa shape index (κ1) is 42.3. The summed E-state index contributed by atoms with van der Waals surface area (Å²) in [5, 5.41) is 45.9. The van der Waals surface area contributed by atoms with Crippen LogP contribution in [0.5, 0.6) is 11.5 Å². The fourth-order valence-electron chi connectivity index (χ4n) is 9.27. The van der Waals surface area contributed by atoms with Crippen LogP contribution in [0, 0.1) is 0 Å². The molecule has 16 nitrogen and oxygen atoms in total. The number of hydrogen-bond acceptors (Lipinski definition) is 16. The molecule has 0 saturated carbocycles. The molecule has 3 heterocycles. The fourth-order valence-corrected chi connectivity index (χ4v) is 9.27. The van der Waals surface area contributed by atoms with E-state index in [1.54, 1.807) is 27.7 Å². The quantitative estimate of drug-likeness (QED) is 0.228. The van der Waals surface area contributed by atoms with Gasteiger partial charge in [0.15, 0.2) is 30.4 Å². The van der Waals surface area contributed by atoms with Crippen LogP contribution in [0.1, 0.15) is 121 Å². The van der Waals surface area contributed by atoms with Crippen molar-refractivity contribution in [3.8, 4) is 11.5 Å². The number of hydrogen-bond donors (Lipinski definition) is 4. The van der Waals surface area contributed by atoms with E-state index in [0.717, 1.165) is 0 Å². The van der Waals surface area contributed by atoms with Crippen molar-refractivity contribution in [3.05, 3.63) is 57.6 Å². The van der Waals surface area contributed by atoms with Gasteiger partial charge in [-0.25, -0.2) is 0 Å².